The molecule has 1 aromatic rings. The number of hydrogen-bond donors (Lipinski definition) is 1. The molecule has 0 spiro atoms. The van der Waals surface area contributed by atoms with Gasteiger partial charge in [0.05, 0.1) is 0 Å². The summed E-state index contributed by atoms with van der Waals surface area (Å²) in [5, 5.41) is 3.33. The van der Waals surface area contributed by atoms with E-state index in [1.54, 1.807) is 0 Å². The van der Waals surface area contributed by atoms with Gasteiger partial charge in [0.1, 0.15) is 0 Å². The van der Waals surface area contributed by atoms with E-state index in [-0.39, 0.29) is 0 Å². The first-order valence-corrected chi connectivity index (χ1v) is 6.43. The van der Waals surface area contributed by atoms with Crippen molar-refractivity contribution in [1.29, 1.82) is 0 Å². The van der Waals surface area contributed by atoms with Gasteiger partial charge in [0, 0.05) is 11.0 Å². The third kappa shape index (κ3) is 2.43. The number of nitrogens with one attached hydrogen (secondary N) is 1. The van der Waals surface area contributed by atoms with Crippen molar-refractivity contribution in [3.05, 3.63) is 34.3 Å². The van der Waals surface area contributed by atoms with Crippen molar-refractivity contribution < 1.29 is 0 Å². The van der Waals surface area contributed by atoms with Gasteiger partial charge in [0.15, 0.2) is 0 Å². The van der Waals surface area contributed by atoms with E-state index in [1.165, 1.54) is 35.7 Å². The Kier molecular flexibility index (Phi) is 3.47. The van der Waals surface area contributed by atoms with E-state index in [0.29, 0.717) is 5.41 Å². The van der Waals surface area contributed by atoms with Crippen LogP contribution in [0.5, 0.6) is 0 Å². The fourth-order valence-corrected chi connectivity index (χ4v) is 2.94. The average molecular weight is 268 g/mol. The Morgan fingerprint density at radius 2 is 2.07 bits per heavy atom. The van der Waals surface area contributed by atoms with Gasteiger partial charge in [-0.25, -0.2) is 0 Å². The monoisotopic (exact) mass is 267 g/mol. The Balaban J connectivity index is 2.10. The lowest BCUT2D eigenvalue weighted by atomic mass is 9.65. The van der Waals surface area contributed by atoms with Crippen molar-refractivity contribution >= 4 is 15.9 Å². The lowest BCUT2D eigenvalue weighted by molar-refractivity contribution is 0.133. The van der Waals surface area contributed by atoms with E-state index >= 15 is 0 Å². The van der Waals surface area contributed by atoms with E-state index in [1.807, 2.05) is 0 Å². The quantitative estimate of drug-likeness (QED) is 0.882. The Labute approximate surface area is 100 Å². The molecule has 0 radical (unpaired) electrons. The van der Waals surface area contributed by atoms with E-state index in [0.717, 1.165) is 6.54 Å². The van der Waals surface area contributed by atoms with Crippen molar-refractivity contribution in [1.82, 2.24) is 5.32 Å². The maximum absolute atomic E-state index is 3.63. The zero-order valence-electron chi connectivity index (χ0n) is 9.22. The summed E-state index contributed by atoms with van der Waals surface area (Å²) in [5.41, 5.74) is 1.98. The molecule has 1 nitrogen and oxygen atoms in total. The molecule has 1 aliphatic carbocycles. The minimum atomic E-state index is 0.526. The van der Waals surface area contributed by atoms with Crippen LogP contribution in [-0.4, -0.2) is 13.6 Å². The van der Waals surface area contributed by atoms with E-state index < -0.39 is 0 Å². The molecule has 0 saturated heterocycles. The summed E-state index contributed by atoms with van der Waals surface area (Å²) in [5.74, 6) is 0. The molecule has 0 bridgehead atoms. The highest BCUT2D eigenvalue weighted by molar-refractivity contribution is 9.10. The molecule has 1 fully saturated rings. The zero-order chi connectivity index (χ0) is 10.7. The third-order valence-corrected chi connectivity index (χ3v) is 4.26. The lowest BCUT2D eigenvalue weighted by Crippen LogP contribution is -2.40. The van der Waals surface area contributed by atoms with Crippen LogP contribution in [0.1, 0.15) is 24.8 Å². The molecular formula is C13H18BrN. The first-order valence-electron chi connectivity index (χ1n) is 5.64. The summed E-state index contributed by atoms with van der Waals surface area (Å²) in [6, 6.07) is 8.59. The predicted molar refractivity (Wildman–Crippen MR) is 68.1 cm³/mol. The second-order valence-electron chi connectivity index (χ2n) is 4.65. The normalized spacial score (nSPS) is 18.5. The molecule has 15 heavy (non-hydrogen) atoms. The molecular weight excluding hydrogens is 250 g/mol. The van der Waals surface area contributed by atoms with Crippen molar-refractivity contribution in [2.75, 3.05) is 13.6 Å². The third-order valence-electron chi connectivity index (χ3n) is 3.49. The zero-order valence-corrected chi connectivity index (χ0v) is 10.8. The number of rotatable bonds is 4. The van der Waals surface area contributed by atoms with Crippen LogP contribution in [0, 0.1) is 5.41 Å². The summed E-state index contributed by atoms with van der Waals surface area (Å²) >= 11 is 3.63. The molecule has 2 heteroatoms. The molecule has 0 aromatic heterocycles. The second kappa shape index (κ2) is 4.67. The minimum Gasteiger partial charge on any atom is -0.319 e. The molecule has 0 aliphatic heterocycles. The highest BCUT2D eigenvalue weighted by atomic mass is 79.9. The Morgan fingerprint density at radius 3 is 2.60 bits per heavy atom. The number of benzene rings is 1. The van der Waals surface area contributed by atoms with Crippen LogP contribution in [0.25, 0.3) is 0 Å². The number of halogens is 1. The molecule has 0 atom stereocenters. The van der Waals surface area contributed by atoms with Gasteiger partial charge >= 0.3 is 0 Å². The van der Waals surface area contributed by atoms with Crippen molar-refractivity contribution in [2.24, 2.45) is 5.41 Å². The van der Waals surface area contributed by atoms with Crippen molar-refractivity contribution in [3.63, 3.8) is 0 Å². The standard InChI is InChI=1S/C13H18BrN/c1-15-10-13(7-4-8-13)9-11-5-2-3-6-12(11)14/h2-3,5-6,15H,4,7-10H2,1H3. The summed E-state index contributed by atoms with van der Waals surface area (Å²) in [6.45, 7) is 1.15. The largest absolute Gasteiger partial charge is 0.319 e. The molecule has 82 valence electrons. The van der Waals surface area contributed by atoms with Crippen molar-refractivity contribution in [3.8, 4) is 0 Å². The summed E-state index contributed by atoms with van der Waals surface area (Å²) in [7, 11) is 2.06. The van der Waals surface area contributed by atoms with Gasteiger partial charge in [-0.15, -0.1) is 0 Å². The van der Waals surface area contributed by atoms with Crippen LogP contribution in [0.4, 0.5) is 0 Å². The molecule has 0 heterocycles. The highest BCUT2D eigenvalue weighted by Crippen LogP contribution is 2.43. The van der Waals surface area contributed by atoms with Crippen LogP contribution in [0.3, 0.4) is 0 Å². The summed E-state index contributed by atoms with van der Waals surface area (Å²) in [4.78, 5) is 0. The molecule has 2 rings (SSSR count). The maximum atomic E-state index is 3.63. The second-order valence-corrected chi connectivity index (χ2v) is 5.51. The molecule has 0 amide bonds. The van der Waals surface area contributed by atoms with Gasteiger partial charge in [-0.3, -0.25) is 0 Å². The highest BCUT2D eigenvalue weighted by Gasteiger charge is 2.36. The van der Waals surface area contributed by atoms with Crippen LogP contribution in [0.15, 0.2) is 28.7 Å². The summed E-state index contributed by atoms with van der Waals surface area (Å²) in [6.07, 6.45) is 5.34. The number of hydrogen-bond acceptors (Lipinski definition) is 1. The molecule has 1 aromatic carbocycles. The van der Waals surface area contributed by atoms with Crippen LogP contribution >= 0.6 is 15.9 Å². The van der Waals surface area contributed by atoms with E-state index in [9.17, 15) is 0 Å². The lowest BCUT2D eigenvalue weighted by Gasteiger charge is -2.42. The van der Waals surface area contributed by atoms with Crippen LogP contribution in [0.2, 0.25) is 0 Å². The molecule has 1 aliphatic rings. The van der Waals surface area contributed by atoms with E-state index in [2.05, 4.69) is 52.6 Å². The predicted octanol–water partition coefficient (Wildman–Crippen LogP) is 3.38. The van der Waals surface area contributed by atoms with Crippen molar-refractivity contribution in [2.45, 2.75) is 25.7 Å². The van der Waals surface area contributed by atoms with E-state index in [4.69, 9.17) is 0 Å². The first-order chi connectivity index (χ1) is 7.26. The fraction of sp³-hybridized carbons (Fsp3) is 0.538. The van der Waals surface area contributed by atoms with Crippen LogP contribution in [-0.2, 0) is 6.42 Å². The Bertz CT molecular complexity index is 331. The van der Waals surface area contributed by atoms with Gasteiger partial charge in [-0.05, 0) is 43.4 Å². The first kappa shape index (κ1) is 11.2. The van der Waals surface area contributed by atoms with Gasteiger partial charge in [-0.1, -0.05) is 40.5 Å². The summed E-state index contributed by atoms with van der Waals surface area (Å²) < 4.78 is 1.26. The topological polar surface area (TPSA) is 12.0 Å². The Hall–Kier alpha value is -0.340. The smallest absolute Gasteiger partial charge is 0.0207 e. The molecule has 0 unspecified atom stereocenters. The van der Waals surface area contributed by atoms with Gasteiger partial charge in [0.2, 0.25) is 0 Å². The Morgan fingerprint density at radius 1 is 1.33 bits per heavy atom. The fourth-order valence-electron chi connectivity index (χ4n) is 2.51. The van der Waals surface area contributed by atoms with Gasteiger partial charge < -0.3 is 5.32 Å². The van der Waals surface area contributed by atoms with Gasteiger partial charge in [0.25, 0.3) is 0 Å². The minimum absolute atomic E-state index is 0.526. The van der Waals surface area contributed by atoms with Gasteiger partial charge in [-0.2, -0.15) is 0 Å². The van der Waals surface area contributed by atoms with Crippen LogP contribution < -0.4 is 5.32 Å². The maximum Gasteiger partial charge on any atom is 0.0207 e. The molecule has 1 saturated carbocycles. The average Bonchev–Trinajstić information content (AvgIpc) is 2.18. The molecule has 1 N–H and O–H groups in total. The SMILES string of the molecule is CNCC1(Cc2ccccc2Br)CCC1.